The summed E-state index contributed by atoms with van der Waals surface area (Å²) in [7, 11) is 4.14. The lowest BCUT2D eigenvalue weighted by molar-refractivity contribution is 0.206. The molecule has 0 aromatic carbocycles. The third-order valence-corrected chi connectivity index (χ3v) is 3.17. The summed E-state index contributed by atoms with van der Waals surface area (Å²) >= 11 is 0. The van der Waals surface area contributed by atoms with Crippen molar-refractivity contribution in [3.05, 3.63) is 12.4 Å². The zero-order chi connectivity index (χ0) is 10.8. The van der Waals surface area contributed by atoms with E-state index in [9.17, 15) is 0 Å². The van der Waals surface area contributed by atoms with Gasteiger partial charge in [0.2, 0.25) is 0 Å². The first-order valence-electron chi connectivity index (χ1n) is 5.59. The lowest BCUT2D eigenvalue weighted by atomic mass is 9.94. The highest BCUT2D eigenvalue weighted by Crippen LogP contribution is 2.19. The lowest BCUT2D eigenvalue weighted by Gasteiger charge is -2.35. The van der Waals surface area contributed by atoms with Gasteiger partial charge in [0.15, 0.2) is 0 Å². The highest BCUT2D eigenvalue weighted by molar-refractivity contribution is 5.39. The van der Waals surface area contributed by atoms with Gasteiger partial charge in [0.1, 0.15) is 0 Å². The van der Waals surface area contributed by atoms with Crippen LogP contribution >= 0.6 is 0 Å². The fourth-order valence-corrected chi connectivity index (χ4v) is 2.28. The Morgan fingerprint density at radius 3 is 2.87 bits per heavy atom. The molecule has 4 heteroatoms. The van der Waals surface area contributed by atoms with Crippen LogP contribution in [0, 0.1) is 5.92 Å². The number of nitrogens with zero attached hydrogens (tertiary/aromatic N) is 3. The number of hydrogen-bond donors (Lipinski definition) is 1. The van der Waals surface area contributed by atoms with Crippen molar-refractivity contribution in [2.75, 3.05) is 25.5 Å². The monoisotopic (exact) mass is 208 g/mol. The summed E-state index contributed by atoms with van der Waals surface area (Å²) in [6, 6.07) is 0.588. The van der Waals surface area contributed by atoms with Crippen molar-refractivity contribution in [1.82, 2.24) is 14.7 Å². The third kappa shape index (κ3) is 2.50. The fourth-order valence-electron chi connectivity index (χ4n) is 2.28. The molecule has 0 bridgehead atoms. The number of aryl methyl sites for hydroxylation is 1. The van der Waals surface area contributed by atoms with E-state index in [2.05, 4.69) is 29.3 Å². The van der Waals surface area contributed by atoms with Crippen LogP contribution in [0.15, 0.2) is 12.4 Å². The van der Waals surface area contributed by atoms with Gasteiger partial charge in [-0.25, -0.2) is 0 Å². The standard InChI is InChI=1S/C11H20N4/c1-9-7-14(2)5-4-11(9)13-10-6-12-15(3)8-10/h6,8-9,11,13H,4-5,7H2,1-3H3/t9-,11+/m0/s1. The maximum atomic E-state index is 4.17. The summed E-state index contributed by atoms with van der Waals surface area (Å²) in [5.41, 5.74) is 1.14. The van der Waals surface area contributed by atoms with Crippen LogP contribution in [0.2, 0.25) is 0 Å². The van der Waals surface area contributed by atoms with E-state index in [1.165, 1.54) is 19.5 Å². The molecule has 1 aliphatic heterocycles. The highest BCUT2D eigenvalue weighted by atomic mass is 15.3. The van der Waals surface area contributed by atoms with E-state index in [0.717, 1.165) is 5.69 Å². The Bertz CT molecular complexity index is 320. The first-order valence-corrected chi connectivity index (χ1v) is 5.59. The first kappa shape index (κ1) is 10.5. The molecule has 1 saturated heterocycles. The molecule has 2 heterocycles. The first-order chi connectivity index (χ1) is 7.15. The molecule has 1 aromatic heterocycles. The smallest absolute Gasteiger partial charge is 0.0728 e. The maximum Gasteiger partial charge on any atom is 0.0728 e. The SMILES string of the molecule is C[C@H]1CN(C)CC[C@H]1Nc1cnn(C)c1. The van der Waals surface area contributed by atoms with E-state index >= 15 is 0 Å². The molecule has 0 saturated carbocycles. The van der Waals surface area contributed by atoms with Gasteiger partial charge in [0.05, 0.1) is 11.9 Å². The van der Waals surface area contributed by atoms with Crippen molar-refractivity contribution in [3.8, 4) is 0 Å². The summed E-state index contributed by atoms with van der Waals surface area (Å²) in [4.78, 5) is 2.39. The predicted octanol–water partition coefficient (Wildman–Crippen LogP) is 1.17. The van der Waals surface area contributed by atoms with Crippen molar-refractivity contribution in [3.63, 3.8) is 0 Å². The van der Waals surface area contributed by atoms with Gasteiger partial charge in [-0.3, -0.25) is 4.68 Å². The number of rotatable bonds is 2. The topological polar surface area (TPSA) is 33.1 Å². The van der Waals surface area contributed by atoms with Crippen LogP contribution in [0.3, 0.4) is 0 Å². The van der Waals surface area contributed by atoms with Gasteiger partial charge in [-0.2, -0.15) is 5.10 Å². The van der Waals surface area contributed by atoms with Gasteiger partial charge in [-0.05, 0) is 25.9 Å². The molecule has 1 N–H and O–H groups in total. The molecule has 2 rings (SSSR count). The van der Waals surface area contributed by atoms with Crippen LogP contribution in [0.1, 0.15) is 13.3 Å². The zero-order valence-electron chi connectivity index (χ0n) is 9.77. The lowest BCUT2D eigenvalue weighted by Crippen LogP contribution is -2.43. The maximum absolute atomic E-state index is 4.17. The molecule has 0 unspecified atom stereocenters. The average Bonchev–Trinajstić information content (AvgIpc) is 2.56. The summed E-state index contributed by atoms with van der Waals surface area (Å²) in [5.74, 6) is 0.698. The number of nitrogens with one attached hydrogen (secondary N) is 1. The summed E-state index contributed by atoms with van der Waals surface area (Å²) in [6.45, 7) is 4.67. The van der Waals surface area contributed by atoms with Gasteiger partial charge in [0.25, 0.3) is 0 Å². The Balaban J connectivity index is 1.94. The van der Waals surface area contributed by atoms with Crippen LogP contribution in [0.25, 0.3) is 0 Å². The fraction of sp³-hybridized carbons (Fsp3) is 0.727. The minimum absolute atomic E-state index is 0.588. The Hall–Kier alpha value is -1.03. The quantitative estimate of drug-likeness (QED) is 0.792. The Kier molecular flexibility index (Phi) is 2.95. The molecule has 15 heavy (non-hydrogen) atoms. The second-order valence-electron chi connectivity index (χ2n) is 4.68. The molecular weight excluding hydrogens is 188 g/mol. The predicted molar refractivity (Wildman–Crippen MR) is 61.9 cm³/mol. The Morgan fingerprint density at radius 1 is 1.47 bits per heavy atom. The second-order valence-corrected chi connectivity index (χ2v) is 4.68. The van der Waals surface area contributed by atoms with Crippen molar-refractivity contribution in [2.24, 2.45) is 13.0 Å². The Morgan fingerprint density at radius 2 is 2.27 bits per heavy atom. The van der Waals surface area contributed by atoms with Gasteiger partial charge in [-0.15, -0.1) is 0 Å². The second kappa shape index (κ2) is 4.23. The van der Waals surface area contributed by atoms with Gasteiger partial charge < -0.3 is 10.2 Å². The molecule has 0 radical (unpaired) electrons. The average molecular weight is 208 g/mol. The molecule has 0 spiro atoms. The number of hydrogen-bond acceptors (Lipinski definition) is 3. The molecule has 1 aromatic rings. The molecule has 1 fully saturated rings. The van der Waals surface area contributed by atoms with Crippen molar-refractivity contribution in [1.29, 1.82) is 0 Å². The van der Waals surface area contributed by atoms with E-state index in [4.69, 9.17) is 0 Å². The summed E-state index contributed by atoms with van der Waals surface area (Å²) in [5, 5.41) is 7.73. The normalized spacial score (nSPS) is 27.9. The van der Waals surface area contributed by atoms with Crippen LogP contribution < -0.4 is 5.32 Å². The van der Waals surface area contributed by atoms with E-state index in [1.54, 1.807) is 0 Å². The minimum atomic E-state index is 0.588. The van der Waals surface area contributed by atoms with Crippen molar-refractivity contribution in [2.45, 2.75) is 19.4 Å². The molecule has 0 aliphatic carbocycles. The van der Waals surface area contributed by atoms with Gasteiger partial charge in [-0.1, -0.05) is 6.92 Å². The molecular formula is C11H20N4. The molecule has 4 nitrogen and oxygen atoms in total. The van der Waals surface area contributed by atoms with Gasteiger partial charge in [0, 0.05) is 25.8 Å². The minimum Gasteiger partial charge on any atom is -0.379 e. The van der Waals surface area contributed by atoms with E-state index in [1.807, 2.05) is 24.1 Å². The molecule has 2 atom stereocenters. The van der Waals surface area contributed by atoms with Crippen LogP contribution in [-0.2, 0) is 7.05 Å². The Labute approximate surface area is 91.3 Å². The zero-order valence-corrected chi connectivity index (χ0v) is 9.77. The number of piperidine rings is 1. The van der Waals surface area contributed by atoms with Crippen LogP contribution in [0.4, 0.5) is 5.69 Å². The number of likely N-dealkylation sites (tertiary alicyclic amines) is 1. The third-order valence-electron chi connectivity index (χ3n) is 3.17. The van der Waals surface area contributed by atoms with Crippen molar-refractivity contribution < 1.29 is 0 Å². The number of anilines is 1. The summed E-state index contributed by atoms with van der Waals surface area (Å²) in [6.07, 6.45) is 5.14. The van der Waals surface area contributed by atoms with E-state index in [-0.39, 0.29) is 0 Å². The van der Waals surface area contributed by atoms with Gasteiger partial charge >= 0.3 is 0 Å². The van der Waals surface area contributed by atoms with E-state index < -0.39 is 0 Å². The number of aromatic nitrogens is 2. The van der Waals surface area contributed by atoms with Crippen LogP contribution in [-0.4, -0.2) is 40.9 Å². The largest absolute Gasteiger partial charge is 0.379 e. The molecule has 84 valence electrons. The van der Waals surface area contributed by atoms with Crippen molar-refractivity contribution >= 4 is 5.69 Å². The van der Waals surface area contributed by atoms with E-state index in [0.29, 0.717) is 12.0 Å². The molecule has 0 amide bonds. The summed E-state index contributed by atoms with van der Waals surface area (Å²) < 4.78 is 1.84. The highest BCUT2D eigenvalue weighted by Gasteiger charge is 2.23. The molecule has 1 aliphatic rings. The van der Waals surface area contributed by atoms with Crippen LogP contribution in [0.5, 0.6) is 0 Å².